The molecule has 8 nitrogen and oxygen atoms in total. The second kappa shape index (κ2) is 18.9. The van der Waals surface area contributed by atoms with Crippen molar-refractivity contribution in [3.05, 3.63) is 202 Å². The van der Waals surface area contributed by atoms with Crippen molar-refractivity contribution in [3.8, 4) is 17.0 Å². The van der Waals surface area contributed by atoms with Gasteiger partial charge >= 0.3 is 0 Å². The number of carbonyl (C=O) groups is 3. The third kappa shape index (κ3) is 10.5. The van der Waals surface area contributed by atoms with Crippen LogP contribution in [-0.2, 0) is 16.2 Å². The molecule has 0 saturated heterocycles. The monoisotopic (exact) mass is 800 g/mol. The van der Waals surface area contributed by atoms with Crippen LogP contribution in [0.25, 0.3) is 17.3 Å². The normalized spacial score (nSPS) is 11.7. The largest absolute Gasteiger partial charge is 0.489 e. The summed E-state index contributed by atoms with van der Waals surface area (Å²) in [6.45, 7) is 4.47. The number of thioether (sulfide) groups is 1. The molecule has 1 heterocycles. The summed E-state index contributed by atoms with van der Waals surface area (Å²) in [4.78, 5) is 47.5. The number of rotatable bonds is 14. The fourth-order valence-electron chi connectivity index (χ4n) is 5.96. The average molecular weight is 801 g/mol. The first-order valence-corrected chi connectivity index (χ1v) is 20.3. The maximum atomic E-state index is 13.9. The van der Waals surface area contributed by atoms with Crippen LogP contribution in [0.1, 0.15) is 42.7 Å². The number of amides is 3. The van der Waals surface area contributed by atoms with Gasteiger partial charge in [0.05, 0.1) is 5.69 Å². The van der Waals surface area contributed by atoms with Crippen molar-refractivity contribution in [1.82, 2.24) is 10.3 Å². The van der Waals surface area contributed by atoms with E-state index in [-0.39, 0.29) is 11.6 Å². The van der Waals surface area contributed by atoms with Crippen LogP contribution in [0.2, 0.25) is 0 Å². The molecule has 10 heteroatoms. The van der Waals surface area contributed by atoms with Crippen molar-refractivity contribution in [1.29, 1.82) is 0 Å². The van der Waals surface area contributed by atoms with E-state index in [0.717, 1.165) is 32.2 Å². The minimum atomic E-state index is -0.577. The third-order valence-electron chi connectivity index (χ3n) is 9.03. The molecule has 0 aliphatic rings. The van der Waals surface area contributed by atoms with Crippen molar-refractivity contribution in [2.75, 3.05) is 10.6 Å². The second-order valence-corrected chi connectivity index (χ2v) is 15.8. The Morgan fingerprint density at radius 3 is 2.03 bits per heavy atom. The van der Waals surface area contributed by atoms with E-state index in [1.807, 2.05) is 129 Å². The number of carbonyl (C=O) groups excluding carboxylic acids is 3. The van der Waals surface area contributed by atoms with Crippen LogP contribution in [0.5, 0.6) is 5.75 Å². The van der Waals surface area contributed by atoms with Crippen molar-refractivity contribution < 1.29 is 19.1 Å². The lowest BCUT2D eigenvalue weighted by Gasteiger charge is -2.17. The van der Waals surface area contributed by atoms with E-state index in [9.17, 15) is 14.4 Å². The maximum absolute atomic E-state index is 13.9. The van der Waals surface area contributed by atoms with Gasteiger partial charge in [-0.1, -0.05) is 121 Å². The van der Waals surface area contributed by atoms with E-state index < -0.39 is 17.1 Å². The Balaban J connectivity index is 1.05. The molecule has 288 valence electrons. The Labute approximate surface area is 346 Å². The first kappa shape index (κ1) is 39.5. The van der Waals surface area contributed by atoms with Crippen molar-refractivity contribution in [3.63, 3.8) is 0 Å². The fourth-order valence-corrected chi connectivity index (χ4v) is 7.83. The summed E-state index contributed by atoms with van der Waals surface area (Å²) in [5.41, 5.74) is 6.60. The lowest BCUT2D eigenvalue weighted by atomic mass is 10.1. The highest BCUT2D eigenvalue weighted by Crippen LogP contribution is 2.38. The van der Waals surface area contributed by atoms with E-state index in [1.54, 1.807) is 42.5 Å². The van der Waals surface area contributed by atoms with E-state index in [4.69, 9.17) is 9.72 Å². The van der Waals surface area contributed by atoms with Crippen LogP contribution in [0.15, 0.2) is 174 Å². The number of thiazole rings is 1. The smallest absolute Gasteiger partial charge is 0.272 e. The van der Waals surface area contributed by atoms with E-state index in [2.05, 4.69) is 28.1 Å². The van der Waals surface area contributed by atoms with Gasteiger partial charge in [0.2, 0.25) is 5.91 Å². The fraction of sp³-hybridized carbons (Fsp3) is 0.0833. The molecule has 0 fully saturated rings. The number of benzene rings is 6. The van der Waals surface area contributed by atoms with Crippen molar-refractivity contribution in [2.24, 2.45) is 0 Å². The number of nitrogens with one attached hydrogen (secondary N) is 3. The van der Waals surface area contributed by atoms with Crippen LogP contribution in [-0.4, -0.2) is 22.7 Å². The molecule has 58 heavy (non-hydrogen) atoms. The number of hydrogen-bond donors (Lipinski definition) is 3. The minimum absolute atomic E-state index is 0.0639. The molecule has 1 aromatic heterocycles. The zero-order valence-electron chi connectivity index (χ0n) is 31.8. The third-order valence-corrected chi connectivity index (χ3v) is 11.2. The zero-order chi connectivity index (χ0) is 40.3. The van der Waals surface area contributed by atoms with Crippen molar-refractivity contribution in [2.45, 2.75) is 30.6 Å². The lowest BCUT2D eigenvalue weighted by Crippen LogP contribution is -2.30. The second-order valence-electron chi connectivity index (χ2n) is 13.4. The maximum Gasteiger partial charge on any atom is 0.272 e. The molecular formula is C48H40N4O4S2. The first-order valence-electron chi connectivity index (χ1n) is 18.6. The summed E-state index contributed by atoms with van der Waals surface area (Å²) in [5, 5.41) is 8.73. The molecule has 0 saturated carbocycles. The topological polar surface area (TPSA) is 109 Å². The van der Waals surface area contributed by atoms with E-state index in [0.29, 0.717) is 34.3 Å². The Morgan fingerprint density at radius 2 is 1.36 bits per heavy atom. The van der Waals surface area contributed by atoms with Gasteiger partial charge < -0.3 is 20.7 Å². The standard InChI is InChI=1S/C48H40N4O4S2/c1-32-18-22-36(23-19-32)43-33(2)57-48(51-43)52-47(55)44(37-14-8-4-9-15-37)58-41-28-24-39(25-29-41)49-46(54)42(50-45(53)38-16-10-5-11-17-38)30-34-20-26-40(27-21-34)56-31-35-12-6-3-7-13-35/h3-30,44H,31H2,1-2H3,(H,49,54)(H,50,53)(H,51,52,55)/b42-30-. The number of aryl methyl sites for hydroxylation is 2. The van der Waals surface area contributed by atoms with Gasteiger partial charge in [0.25, 0.3) is 11.8 Å². The molecule has 0 radical (unpaired) electrons. The molecule has 1 atom stereocenters. The predicted octanol–water partition coefficient (Wildman–Crippen LogP) is 10.9. The summed E-state index contributed by atoms with van der Waals surface area (Å²) >= 11 is 2.84. The Hall–Kier alpha value is -6.75. The van der Waals surface area contributed by atoms with Crippen LogP contribution in [0.3, 0.4) is 0 Å². The van der Waals surface area contributed by atoms with Gasteiger partial charge in [-0.25, -0.2) is 4.98 Å². The van der Waals surface area contributed by atoms with Gasteiger partial charge in [0.1, 0.15) is 23.3 Å². The lowest BCUT2D eigenvalue weighted by molar-refractivity contribution is -0.116. The number of anilines is 2. The molecule has 0 spiro atoms. The Bertz CT molecular complexity index is 2510. The molecule has 7 rings (SSSR count). The molecule has 3 amide bonds. The number of hydrogen-bond acceptors (Lipinski definition) is 7. The number of nitrogens with zero attached hydrogens (tertiary/aromatic N) is 1. The van der Waals surface area contributed by atoms with E-state index in [1.165, 1.54) is 28.7 Å². The molecule has 3 N–H and O–H groups in total. The predicted molar refractivity (Wildman–Crippen MR) is 235 cm³/mol. The van der Waals surface area contributed by atoms with Crippen LogP contribution in [0.4, 0.5) is 10.8 Å². The molecule has 7 aromatic rings. The summed E-state index contributed by atoms with van der Waals surface area (Å²) < 4.78 is 5.93. The van der Waals surface area contributed by atoms with Gasteiger partial charge in [-0.15, -0.1) is 23.1 Å². The van der Waals surface area contributed by atoms with Gasteiger partial charge in [0.15, 0.2) is 5.13 Å². The summed E-state index contributed by atoms with van der Waals surface area (Å²) in [5.74, 6) is -0.436. The van der Waals surface area contributed by atoms with Gasteiger partial charge in [-0.2, -0.15) is 0 Å². The van der Waals surface area contributed by atoms with Gasteiger partial charge in [-0.05, 0) is 85.1 Å². The quantitative estimate of drug-likeness (QED) is 0.0746. The van der Waals surface area contributed by atoms with Crippen LogP contribution in [0, 0.1) is 13.8 Å². The van der Waals surface area contributed by atoms with Crippen LogP contribution >= 0.6 is 23.1 Å². The van der Waals surface area contributed by atoms with Gasteiger partial charge in [-0.3, -0.25) is 14.4 Å². The molecule has 0 aliphatic carbocycles. The molecule has 0 aliphatic heterocycles. The zero-order valence-corrected chi connectivity index (χ0v) is 33.5. The molecular weight excluding hydrogens is 761 g/mol. The first-order chi connectivity index (χ1) is 28.3. The highest BCUT2D eigenvalue weighted by atomic mass is 32.2. The Kier molecular flexibility index (Phi) is 12.9. The highest BCUT2D eigenvalue weighted by molar-refractivity contribution is 8.00. The number of aromatic nitrogens is 1. The molecule has 0 bridgehead atoms. The Morgan fingerprint density at radius 1 is 0.724 bits per heavy atom. The SMILES string of the molecule is Cc1ccc(-c2nc(NC(=O)C(Sc3ccc(NC(=O)/C(=C/c4ccc(OCc5ccccc5)cc4)NC(=O)c4ccccc4)cc3)c3ccccc3)sc2C)cc1. The summed E-state index contributed by atoms with van der Waals surface area (Å²) in [6, 6.07) is 50.9. The summed E-state index contributed by atoms with van der Waals surface area (Å²) in [7, 11) is 0. The van der Waals surface area contributed by atoms with Crippen LogP contribution < -0.4 is 20.7 Å². The minimum Gasteiger partial charge on any atom is -0.489 e. The van der Waals surface area contributed by atoms with Crippen molar-refractivity contribution >= 4 is 57.7 Å². The summed E-state index contributed by atoms with van der Waals surface area (Å²) in [6.07, 6.45) is 1.62. The van der Waals surface area contributed by atoms with E-state index >= 15 is 0 Å². The molecule has 1 unspecified atom stereocenters. The number of ether oxygens (including phenoxy) is 1. The van der Waals surface area contributed by atoms with Gasteiger partial charge in [0, 0.05) is 26.6 Å². The molecule has 6 aromatic carbocycles. The average Bonchev–Trinajstić information content (AvgIpc) is 3.63. The highest BCUT2D eigenvalue weighted by Gasteiger charge is 2.24.